The molecule has 0 saturated heterocycles. The number of nitrogens with zero attached hydrogens (tertiary/aromatic N) is 1. The minimum Gasteiger partial charge on any atom is -0.490 e. The van der Waals surface area contributed by atoms with Crippen LogP contribution in [0.25, 0.3) is 0 Å². The highest BCUT2D eigenvalue weighted by molar-refractivity contribution is 6.08. The van der Waals surface area contributed by atoms with Crippen LogP contribution in [-0.4, -0.2) is 24.0 Å². The number of hydrogen-bond acceptors (Lipinski definition) is 4. The molecule has 1 aromatic carbocycles. The highest BCUT2D eigenvalue weighted by Crippen LogP contribution is 2.31. The molecule has 0 saturated carbocycles. The SMILES string of the molecule is Cc1cccnc1C(=O)c1ccc2c(c1)OCCCO2. The largest absolute Gasteiger partial charge is 0.490 e. The summed E-state index contributed by atoms with van der Waals surface area (Å²) in [6.07, 6.45) is 2.47. The molecule has 1 aromatic heterocycles. The molecular formula is C16H15NO3. The van der Waals surface area contributed by atoms with Crippen LogP contribution in [0.3, 0.4) is 0 Å². The first-order valence-electron chi connectivity index (χ1n) is 6.61. The molecule has 0 fully saturated rings. The molecule has 0 amide bonds. The standard InChI is InChI=1S/C16H15NO3/c1-11-4-2-7-17-15(11)16(18)12-5-6-13-14(10-12)20-9-3-8-19-13/h2,4-7,10H,3,8-9H2,1H3. The fourth-order valence-corrected chi connectivity index (χ4v) is 2.16. The van der Waals surface area contributed by atoms with Gasteiger partial charge in [0.05, 0.1) is 13.2 Å². The molecule has 102 valence electrons. The molecule has 0 bridgehead atoms. The van der Waals surface area contributed by atoms with Gasteiger partial charge in [0.15, 0.2) is 11.5 Å². The van der Waals surface area contributed by atoms with Crippen molar-refractivity contribution in [2.75, 3.05) is 13.2 Å². The summed E-state index contributed by atoms with van der Waals surface area (Å²) in [7, 11) is 0. The second-order valence-corrected chi connectivity index (χ2v) is 4.71. The molecule has 0 N–H and O–H groups in total. The third-order valence-electron chi connectivity index (χ3n) is 3.23. The first-order chi connectivity index (χ1) is 9.75. The Balaban J connectivity index is 1.97. The van der Waals surface area contributed by atoms with Crippen molar-refractivity contribution >= 4 is 5.78 Å². The molecule has 0 spiro atoms. The first kappa shape index (κ1) is 12.7. The number of ether oxygens (including phenoxy) is 2. The summed E-state index contributed by atoms with van der Waals surface area (Å²) in [5.74, 6) is 1.22. The van der Waals surface area contributed by atoms with Crippen LogP contribution in [0.4, 0.5) is 0 Å². The molecule has 0 unspecified atom stereocenters. The van der Waals surface area contributed by atoms with E-state index in [1.54, 1.807) is 24.4 Å². The van der Waals surface area contributed by atoms with Crippen molar-refractivity contribution in [1.29, 1.82) is 0 Å². The van der Waals surface area contributed by atoms with Gasteiger partial charge in [0.1, 0.15) is 5.69 Å². The Morgan fingerprint density at radius 3 is 2.75 bits per heavy atom. The lowest BCUT2D eigenvalue weighted by Crippen LogP contribution is -2.06. The average Bonchev–Trinajstić information content (AvgIpc) is 2.71. The normalized spacial score (nSPS) is 13.7. The number of benzene rings is 1. The van der Waals surface area contributed by atoms with Crippen molar-refractivity contribution in [2.45, 2.75) is 13.3 Å². The van der Waals surface area contributed by atoms with Crippen molar-refractivity contribution in [1.82, 2.24) is 4.98 Å². The van der Waals surface area contributed by atoms with Crippen LogP contribution in [-0.2, 0) is 0 Å². The van der Waals surface area contributed by atoms with Gasteiger partial charge in [-0.15, -0.1) is 0 Å². The van der Waals surface area contributed by atoms with Gasteiger partial charge < -0.3 is 9.47 Å². The minimum atomic E-state index is -0.0984. The van der Waals surface area contributed by atoms with E-state index in [1.165, 1.54) is 0 Å². The van der Waals surface area contributed by atoms with Crippen LogP contribution >= 0.6 is 0 Å². The molecule has 0 atom stereocenters. The Labute approximate surface area is 117 Å². The summed E-state index contributed by atoms with van der Waals surface area (Å²) in [6.45, 7) is 3.12. The predicted octanol–water partition coefficient (Wildman–Crippen LogP) is 2.78. The van der Waals surface area contributed by atoms with Gasteiger partial charge in [-0.1, -0.05) is 6.07 Å². The number of aryl methyl sites for hydroxylation is 1. The second-order valence-electron chi connectivity index (χ2n) is 4.71. The molecule has 2 aromatic rings. The molecule has 2 heterocycles. The molecule has 1 aliphatic heterocycles. The first-order valence-corrected chi connectivity index (χ1v) is 6.61. The Kier molecular flexibility index (Phi) is 3.37. The van der Waals surface area contributed by atoms with Crippen LogP contribution in [0.1, 0.15) is 28.0 Å². The lowest BCUT2D eigenvalue weighted by Gasteiger charge is -2.09. The Bertz CT molecular complexity index is 652. The number of aromatic nitrogens is 1. The Hall–Kier alpha value is -2.36. The highest BCUT2D eigenvalue weighted by atomic mass is 16.5. The monoisotopic (exact) mass is 269 g/mol. The number of fused-ring (bicyclic) bond motifs is 1. The lowest BCUT2D eigenvalue weighted by atomic mass is 10.0. The number of carbonyl (C=O) groups excluding carboxylic acids is 1. The van der Waals surface area contributed by atoms with E-state index in [0.717, 1.165) is 12.0 Å². The van der Waals surface area contributed by atoms with Gasteiger partial charge in [-0.3, -0.25) is 9.78 Å². The summed E-state index contributed by atoms with van der Waals surface area (Å²) in [6, 6.07) is 8.97. The van der Waals surface area contributed by atoms with Crippen LogP contribution < -0.4 is 9.47 Å². The highest BCUT2D eigenvalue weighted by Gasteiger charge is 2.17. The van der Waals surface area contributed by atoms with E-state index >= 15 is 0 Å². The molecule has 0 radical (unpaired) electrons. The quantitative estimate of drug-likeness (QED) is 0.787. The Morgan fingerprint density at radius 1 is 1.15 bits per heavy atom. The van der Waals surface area contributed by atoms with E-state index in [4.69, 9.17) is 9.47 Å². The van der Waals surface area contributed by atoms with Gasteiger partial charge in [0, 0.05) is 18.2 Å². The van der Waals surface area contributed by atoms with E-state index in [1.807, 2.05) is 19.1 Å². The summed E-state index contributed by atoms with van der Waals surface area (Å²) in [5, 5.41) is 0. The molecule has 20 heavy (non-hydrogen) atoms. The molecule has 0 aliphatic carbocycles. The van der Waals surface area contributed by atoms with Crippen molar-refractivity contribution in [3.63, 3.8) is 0 Å². The van der Waals surface area contributed by atoms with E-state index in [9.17, 15) is 4.79 Å². The van der Waals surface area contributed by atoms with E-state index in [2.05, 4.69) is 4.98 Å². The van der Waals surface area contributed by atoms with Gasteiger partial charge in [-0.25, -0.2) is 0 Å². The summed E-state index contributed by atoms with van der Waals surface area (Å²) >= 11 is 0. The van der Waals surface area contributed by atoms with Crippen LogP contribution in [0.5, 0.6) is 11.5 Å². The minimum absolute atomic E-state index is 0.0984. The van der Waals surface area contributed by atoms with E-state index < -0.39 is 0 Å². The zero-order valence-electron chi connectivity index (χ0n) is 11.3. The van der Waals surface area contributed by atoms with Crippen LogP contribution in [0.15, 0.2) is 36.5 Å². The van der Waals surface area contributed by atoms with Crippen molar-refractivity contribution in [3.8, 4) is 11.5 Å². The third kappa shape index (κ3) is 2.37. The summed E-state index contributed by atoms with van der Waals surface area (Å²) < 4.78 is 11.2. The van der Waals surface area contributed by atoms with Gasteiger partial charge in [-0.2, -0.15) is 0 Å². The van der Waals surface area contributed by atoms with Gasteiger partial charge >= 0.3 is 0 Å². The van der Waals surface area contributed by atoms with Crippen molar-refractivity contribution in [2.24, 2.45) is 0 Å². The molecule has 1 aliphatic rings. The fraction of sp³-hybridized carbons (Fsp3) is 0.250. The smallest absolute Gasteiger partial charge is 0.211 e. The second kappa shape index (κ2) is 5.33. The van der Waals surface area contributed by atoms with Gasteiger partial charge in [0.2, 0.25) is 5.78 Å². The molecule has 3 rings (SSSR count). The number of ketones is 1. The van der Waals surface area contributed by atoms with E-state index in [-0.39, 0.29) is 5.78 Å². The van der Waals surface area contributed by atoms with Gasteiger partial charge in [0.25, 0.3) is 0 Å². The van der Waals surface area contributed by atoms with Gasteiger partial charge in [-0.05, 0) is 36.8 Å². The summed E-state index contributed by atoms with van der Waals surface area (Å²) in [4.78, 5) is 16.6. The number of pyridine rings is 1. The zero-order chi connectivity index (χ0) is 13.9. The lowest BCUT2D eigenvalue weighted by molar-refractivity contribution is 0.103. The van der Waals surface area contributed by atoms with E-state index in [0.29, 0.717) is 36.0 Å². The summed E-state index contributed by atoms with van der Waals surface area (Å²) in [5.41, 5.74) is 1.91. The number of hydrogen-bond donors (Lipinski definition) is 0. The Morgan fingerprint density at radius 2 is 1.95 bits per heavy atom. The number of carbonyl (C=O) groups is 1. The zero-order valence-corrected chi connectivity index (χ0v) is 11.3. The maximum absolute atomic E-state index is 12.5. The maximum atomic E-state index is 12.5. The molecular weight excluding hydrogens is 254 g/mol. The van der Waals surface area contributed by atoms with Crippen molar-refractivity contribution < 1.29 is 14.3 Å². The number of rotatable bonds is 2. The van der Waals surface area contributed by atoms with Crippen molar-refractivity contribution in [3.05, 3.63) is 53.3 Å². The molecule has 4 nitrogen and oxygen atoms in total. The topological polar surface area (TPSA) is 48.4 Å². The average molecular weight is 269 g/mol. The molecule has 4 heteroatoms. The van der Waals surface area contributed by atoms with Crippen LogP contribution in [0, 0.1) is 6.92 Å². The van der Waals surface area contributed by atoms with Crippen LogP contribution in [0.2, 0.25) is 0 Å². The third-order valence-corrected chi connectivity index (χ3v) is 3.23. The maximum Gasteiger partial charge on any atom is 0.211 e. The predicted molar refractivity (Wildman–Crippen MR) is 74.5 cm³/mol. The fourth-order valence-electron chi connectivity index (χ4n) is 2.16.